The third kappa shape index (κ3) is 2.01. The van der Waals surface area contributed by atoms with E-state index in [1.54, 1.807) is 17.5 Å². The zero-order valence-electron chi connectivity index (χ0n) is 8.54. The molecule has 0 amide bonds. The van der Waals surface area contributed by atoms with E-state index in [2.05, 4.69) is 30.2 Å². The van der Waals surface area contributed by atoms with Crippen molar-refractivity contribution in [1.82, 2.24) is 5.32 Å². The van der Waals surface area contributed by atoms with Crippen LogP contribution in [-0.4, -0.2) is 5.96 Å². The Morgan fingerprint density at radius 3 is 2.87 bits per heavy atom. The molecule has 3 nitrogen and oxygen atoms in total. The SMILES string of the molecule is Cc1cc(C2NC(N)=NC=C2Cl)c(C)s1. The van der Waals surface area contributed by atoms with Gasteiger partial charge in [-0.05, 0) is 25.5 Å². The van der Waals surface area contributed by atoms with Gasteiger partial charge in [0.2, 0.25) is 0 Å². The van der Waals surface area contributed by atoms with Crippen LogP contribution in [0.2, 0.25) is 0 Å². The number of nitrogens with two attached hydrogens (primary N) is 1. The molecule has 1 atom stereocenters. The minimum atomic E-state index is -0.0471. The Labute approximate surface area is 97.7 Å². The second-order valence-electron chi connectivity index (χ2n) is 3.47. The Morgan fingerprint density at radius 2 is 2.27 bits per heavy atom. The average molecular weight is 242 g/mol. The molecule has 0 bridgehead atoms. The van der Waals surface area contributed by atoms with Crippen molar-refractivity contribution in [2.24, 2.45) is 10.7 Å². The number of rotatable bonds is 1. The van der Waals surface area contributed by atoms with Gasteiger partial charge in [0, 0.05) is 16.0 Å². The summed E-state index contributed by atoms with van der Waals surface area (Å²) < 4.78 is 0. The van der Waals surface area contributed by atoms with Crippen molar-refractivity contribution >= 4 is 28.9 Å². The van der Waals surface area contributed by atoms with Crippen molar-refractivity contribution in [3.05, 3.63) is 32.6 Å². The summed E-state index contributed by atoms with van der Waals surface area (Å²) in [4.78, 5) is 6.44. The van der Waals surface area contributed by atoms with Crippen LogP contribution >= 0.6 is 22.9 Å². The van der Waals surface area contributed by atoms with E-state index in [0.29, 0.717) is 11.0 Å². The summed E-state index contributed by atoms with van der Waals surface area (Å²) in [7, 11) is 0. The van der Waals surface area contributed by atoms with Crippen LogP contribution in [0.25, 0.3) is 0 Å². The van der Waals surface area contributed by atoms with Crippen LogP contribution in [0.3, 0.4) is 0 Å². The molecule has 1 aliphatic heterocycles. The maximum Gasteiger partial charge on any atom is 0.194 e. The van der Waals surface area contributed by atoms with E-state index in [1.807, 2.05) is 0 Å². The maximum absolute atomic E-state index is 6.10. The number of halogens is 1. The van der Waals surface area contributed by atoms with Crippen molar-refractivity contribution in [2.45, 2.75) is 19.9 Å². The zero-order chi connectivity index (χ0) is 11.0. The van der Waals surface area contributed by atoms with Crippen LogP contribution in [0.1, 0.15) is 21.4 Å². The van der Waals surface area contributed by atoms with E-state index in [4.69, 9.17) is 17.3 Å². The smallest absolute Gasteiger partial charge is 0.194 e. The predicted molar refractivity (Wildman–Crippen MR) is 65.2 cm³/mol. The fourth-order valence-electron chi connectivity index (χ4n) is 1.62. The Balaban J connectivity index is 2.37. The summed E-state index contributed by atoms with van der Waals surface area (Å²) in [6.07, 6.45) is 1.60. The molecule has 1 aromatic rings. The first-order valence-corrected chi connectivity index (χ1v) is 5.79. The van der Waals surface area contributed by atoms with Gasteiger partial charge >= 0.3 is 0 Å². The molecular formula is C10H12ClN3S. The van der Waals surface area contributed by atoms with Crippen molar-refractivity contribution in [1.29, 1.82) is 0 Å². The van der Waals surface area contributed by atoms with Crippen LogP contribution in [0.15, 0.2) is 22.3 Å². The molecule has 0 radical (unpaired) electrons. The van der Waals surface area contributed by atoms with Crippen LogP contribution in [0.4, 0.5) is 0 Å². The number of guanidine groups is 1. The van der Waals surface area contributed by atoms with Crippen LogP contribution in [0, 0.1) is 13.8 Å². The molecule has 80 valence electrons. The Hall–Kier alpha value is -1.000. The highest BCUT2D eigenvalue weighted by Crippen LogP contribution is 2.33. The highest BCUT2D eigenvalue weighted by atomic mass is 35.5. The van der Waals surface area contributed by atoms with Gasteiger partial charge in [-0.2, -0.15) is 0 Å². The zero-order valence-corrected chi connectivity index (χ0v) is 10.1. The molecule has 5 heteroatoms. The Bertz CT molecular complexity index is 448. The maximum atomic E-state index is 6.10. The Kier molecular flexibility index (Phi) is 2.71. The van der Waals surface area contributed by atoms with Gasteiger partial charge in [0.25, 0.3) is 0 Å². The number of nitrogens with one attached hydrogen (secondary N) is 1. The highest BCUT2D eigenvalue weighted by Gasteiger charge is 2.21. The third-order valence-electron chi connectivity index (χ3n) is 2.29. The summed E-state index contributed by atoms with van der Waals surface area (Å²) in [6.45, 7) is 4.17. The van der Waals surface area contributed by atoms with Gasteiger partial charge in [-0.3, -0.25) is 0 Å². The van der Waals surface area contributed by atoms with E-state index in [-0.39, 0.29) is 6.04 Å². The standard InChI is InChI=1S/C10H12ClN3S/c1-5-3-7(6(2)15-5)9-8(11)4-13-10(12)14-9/h3-4,9H,1-2H3,(H3,12,13,14). The molecule has 0 aliphatic carbocycles. The van der Waals surface area contributed by atoms with Gasteiger partial charge < -0.3 is 11.1 Å². The molecule has 0 fully saturated rings. The second kappa shape index (κ2) is 3.87. The van der Waals surface area contributed by atoms with Crippen LogP contribution in [0.5, 0.6) is 0 Å². The monoisotopic (exact) mass is 241 g/mol. The number of nitrogens with zero attached hydrogens (tertiary/aromatic N) is 1. The predicted octanol–water partition coefficient (Wildman–Crippen LogP) is 2.40. The topological polar surface area (TPSA) is 50.4 Å². The van der Waals surface area contributed by atoms with E-state index >= 15 is 0 Å². The number of hydrogen-bond donors (Lipinski definition) is 2. The fraction of sp³-hybridized carbons (Fsp3) is 0.300. The molecule has 1 aliphatic rings. The van der Waals surface area contributed by atoms with Crippen molar-refractivity contribution < 1.29 is 0 Å². The van der Waals surface area contributed by atoms with E-state index < -0.39 is 0 Å². The first-order valence-electron chi connectivity index (χ1n) is 4.60. The van der Waals surface area contributed by atoms with Crippen LogP contribution < -0.4 is 11.1 Å². The van der Waals surface area contributed by atoms with E-state index in [1.165, 1.54) is 15.3 Å². The highest BCUT2D eigenvalue weighted by molar-refractivity contribution is 7.12. The van der Waals surface area contributed by atoms with Gasteiger partial charge in [-0.1, -0.05) is 11.6 Å². The molecule has 0 saturated carbocycles. The number of aliphatic imine (C=N–C) groups is 1. The quantitative estimate of drug-likeness (QED) is 0.793. The van der Waals surface area contributed by atoms with Crippen LogP contribution in [-0.2, 0) is 0 Å². The third-order valence-corrected chi connectivity index (χ3v) is 3.58. The number of hydrogen-bond acceptors (Lipinski definition) is 4. The summed E-state index contributed by atoms with van der Waals surface area (Å²) in [5.74, 6) is 0.410. The molecule has 3 N–H and O–H groups in total. The molecule has 1 unspecified atom stereocenters. The van der Waals surface area contributed by atoms with Gasteiger partial charge in [0.05, 0.1) is 11.1 Å². The van der Waals surface area contributed by atoms with Crippen molar-refractivity contribution in [2.75, 3.05) is 0 Å². The number of aryl methyl sites for hydroxylation is 2. The van der Waals surface area contributed by atoms with E-state index in [9.17, 15) is 0 Å². The van der Waals surface area contributed by atoms with E-state index in [0.717, 1.165) is 0 Å². The normalized spacial score (nSPS) is 20.6. The van der Waals surface area contributed by atoms with Gasteiger partial charge in [-0.15, -0.1) is 11.3 Å². The second-order valence-corrected chi connectivity index (χ2v) is 5.37. The molecule has 1 aromatic heterocycles. The lowest BCUT2D eigenvalue weighted by molar-refractivity contribution is 0.753. The lowest BCUT2D eigenvalue weighted by Crippen LogP contribution is -2.37. The summed E-state index contributed by atoms with van der Waals surface area (Å²) in [6, 6.07) is 2.08. The average Bonchev–Trinajstić information content (AvgIpc) is 2.50. The lowest BCUT2D eigenvalue weighted by Gasteiger charge is -2.21. The minimum absolute atomic E-state index is 0.0471. The molecule has 2 rings (SSSR count). The van der Waals surface area contributed by atoms with Gasteiger partial charge in [-0.25, -0.2) is 4.99 Å². The first-order chi connectivity index (χ1) is 7.08. The van der Waals surface area contributed by atoms with Crippen molar-refractivity contribution in [3.63, 3.8) is 0 Å². The largest absolute Gasteiger partial charge is 0.370 e. The summed E-state index contributed by atoms with van der Waals surface area (Å²) >= 11 is 7.86. The van der Waals surface area contributed by atoms with Gasteiger partial charge in [0.15, 0.2) is 5.96 Å². The minimum Gasteiger partial charge on any atom is -0.370 e. The number of thiophene rings is 1. The van der Waals surface area contributed by atoms with Crippen molar-refractivity contribution in [3.8, 4) is 0 Å². The summed E-state index contributed by atoms with van der Waals surface area (Å²) in [5, 5.41) is 3.74. The molecule has 2 heterocycles. The lowest BCUT2D eigenvalue weighted by atomic mass is 10.1. The summed E-state index contributed by atoms with van der Waals surface area (Å²) in [5.41, 5.74) is 6.80. The molecule has 0 spiro atoms. The Morgan fingerprint density at radius 1 is 1.53 bits per heavy atom. The fourth-order valence-corrected chi connectivity index (χ4v) is 2.81. The molecular weight excluding hydrogens is 230 g/mol. The molecule has 0 aromatic carbocycles. The molecule has 15 heavy (non-hydrogen) atoms. The molecule has 0 saturated heterocycles. The first kappa shape index (κ1) is 10.5. The van der Waals surface area contributed by atoms with Gasteiger partial charge in [0.1, 0.15) is 0 Å².